The van der Waals surface area contributed by atoms with E-state index in [0.717, 1.165) is 22.3 Å². The number of aryl methyl sites for hydroxylation is 1. The summed E-state index contributed by atoms with van der Waals surface area (Å²) in [4.78, 5) is 14.7. The fraction of sp³-hybridized carbons (Fsp3) is 0.107. The standard InChI is InChI=1S/C28H23N3O2/c1-19-7-3-6-10-25(19)27-30-29-26(33-27)22-13-15-23(16-14-22)28(32)31(2)18-20-11-12-21-8-4-5-9-24(21)17-20/h3-17H,18H2,1-2H3. The summed E-state index contributed by atoms with van der Waals surface area (Å²) >= 11 is 0. The maximum absolute atomic E-state index is 13.0. The zero-order valence-corrected chi connectivity index (χ0v) is 18.5. The molecule has 162 valence electrons. The van der Waals surface area contributed by atoms with Crippen molar-refractivity contribution in [1.82, 2.24) is 15.1 Å². The van der Waals surface area contributed by atoms with Gasteiger partial charge in [-0.3, -0.25) is 4.79 Å². The summed E-state index contributed by atoms with van der Waals surface area (Å²) in [5.41, 5.74) is 4.47. The molecule has 0 aliphatic heterocycles. The number of carbonyl (C=O) groups is 1. The first-order valence-electron chi connectivity index (χ1n) is 10.8. The molecule has 5 heteroatoms. The highest BCUT2D eigenvalue weighted by molar-refractivity contribution is 5.94. The third-order valence-electron chi connectivity index (χ3n) is 5.76. The average molecular weight is 434 g/mol. The van der Waals surface area contributed by atoms with Crippen LogP contribution in [0.2, 0.25) is 0 Å². The molecule has 1 aromatic heterocycles. The minimum atomic E-state index is -0.0409. The van der Waals surface area contributed by atoms with Crippen molar-refractivity contribution in [3.8, 4) is 22.9 Å². The Hall–Kier alpha value is -4.25. The number of hydrogen-bond acceptors (Lipinski definition) is 4. The smallest absolute Gasteiger partial charge is 0.253 e. The van der Waals surface area contributed by atoms with Crippen LogP contribution in [0.15, 0.2) is 95.4 Å². The molecule has 5 rings (SSSR count). The van der Waals surface area contributed by atoms with Crippen LogP contribution in [0.4, 0.5) is 0 Å². The molecular formula is C28H23N3O2. The van der Waals surface area contributed by atoms with E-state index >= 15 is 0 Å². The number of aromatic nitrogens is 2. The Bertz CT molecular complexity index is 1440. The van der Waals surface area contributed by atoms with Gasteiger partial charge in [-0.15, -0.1) is 10.2 Å². The van der Waals surface area contributed by atoms with E-state index in [4.69, 9.17) is 4.42 Å². The van der Waals surface area contributed by atoms with Crippen molar-refractivity contribution in [2.24, 2.45) is 0 Å². The van der Waals surface area contributed by atoms with E-state index < -0.39 is 0 Å². The topological polar surface area (TPSA) is 59.2 Å². The molecule has 1 heterocycles. The fourth-order valence-electron chi connectivity index (χ4n) is 3.92. The molecule has 0 radical (unpaired) electrons. The minimum Gasteiger partial charge on any atom is -0.416 e. The van der Waals surface area contributed by atoms with Crippen molar-refractivity contribution in [3.63, 3.8) is 0 Å². The predicted octanol–water partition coefficient (Wildman–Crippen LogP) is 6.14. The highest BCUT2D eigenvalue weighted by Gasteiger charge is 2.15. The minimum absolute atomic E-state index is 0.0409. The Balaban J connectivity index is 1.30. The van der Waals surface area contributed by atoms with Crippen LogP contribution in [-0.2, 0) is 6.54 Å². The predicted molar refractivity (Wildman–Crippen MR) is 130 cm³/mol. The van der Waals surface area contributed by atoms with Crippen LogP contribution in [0.1, 0.15) is 21.5 Å². The number of hydrogen-bond donors (Lipinski definition) is 0. The van der Waals surface area contributed by atoms with E-state index in [-0.39, 0.29) is 5.91 Å². The van der Waals surface area contributed by atoms with Crippen molar-refractivity contribution in [3.05, 3.63) is 108 Å². The van der Waals surface area contributed by atoms with Crippen molar-refractivity contribution in [1.29, 1.82) is 0 Å². The third kappa shape index (κ3) is 4.26. The van der Waals surface area contributed by atoms with E-state index in [1.165, 1.54) is 10.8 Å². The Morgan fingerprint density at radius 3 is 2.30 bits per heavy atom. The van der Waals surface area contributed by atoms with Gasteiger partial charge in [0, 0.05) is 30.3 Å². The van der Waals surface area contributed by atoms with Crippen molar-refractivity contribution >= 4 is 16.7 Å². The molecule has 0 saturated heterocycles. The van der Waals surface area contributed by atoms with Gasteiger partial charge in [0.25, 0.3) is 5.91 Å². The van der Waals surface area contributed by atoms with Crippen molar-refractivity contribution in [2.45, 2.75) is 13.5 Å². The van der Waals surface area contributed by atoms with Crippen LogP contribution in [0.3, 0.4) is 0 Å². The highest BCUT2D eigenvalue weighted by atomic mass is 16.4. The number of fused-ring (bicyclic) bond motifs is 1. The second kappa shape index (κ2) is 8.71. The van der Waals surface area contributed by atoms with E-state index in [9.17, 15) is 4.79 Å². The molecule has 0 spiro atoms. The van der Waals surface area contributed by atoms with Crippen LogP contribution in [0.5, 0.6) is 0 Å². The highest BCUT2D eigenvalue weighted by Crippen LogP contribution is 2.26. The lowest BCUT2D eigenvalue weighted by atomic mass is 10.1. The lowest BCUT2D eigenvalue weighted by Gasteiger charge is -2.18. The summed E-state index contributed by atoms with van der Waals surface area (Å²) in [6.07, 6.45) is 0. The summed E-state index contributed by atoms with van der Waals surface area (Å²) in [5.74, 6) is 0.871. The summed E-state index contributed by atoms with van der Waals surface area (Å²) < 4.78 is 5.88. The lowest BCUT2D eigenvalue weighted by Crippen LogP contribution is -2.26. The average Bonchev–Trinajstić information content (AvgIpc) is 3.34. The van der Waals surface area contributed by atoms with Crippen LogP contribution in [0.25, 0.3) is 33.7 Å². The largest absolute Gasteiger partial charge is 0.416 e. The first kappa shape index (κ1) is 20.6. The van der Waals surface area contributed by atoms with E-state index in [0.29, 0.717) is 23.9 Å². The van der Waals surface area contributed by atoms with Crippen LogP contribution in [0, 0.1) is 6.92 Å². The molecule has 0 bridgehead atoms. The molecule has 0 fully saturated rings. The fourth-order valence-corrected chi connectivity index (χ4v) is 3.92. The number of amides is 1. The molecular weight excluding hydrogens is 410 g/mol. The monoisotopic (exact) mass is 433 g/mol. The molecule has 1 amide bonds. The lowest BCUT2D eigenvalue weighted by molar-refractivity contribution is 0.0785. The van der Waals surface area contributed by atoms with Crippen LogP contribution < -0.4 is 0 Å². The maximum atomic E-state index is 13.0. The zero-order valence-electron chi connectivity index (χ0n) is 18.5. The Morgan fingerprint density at radius 2 is 1.52 bits per heavy atom. The third-order valence-corrected chi connectivity index (χ3v) is 5.76. The van der Waals surface area contributed by atoms with E-state index in [1.807, 2.05) is 62.5 Å². The molecule has 0 unspecified atom stereocenters. The molecule has 0 atom stereocenters. The van der Waals surface area contributed by atoms with Gasteiger partial charge in [-0.2, -0.15) is 0 Å². The van der Waals surface area contributed by atoms with Gasteiger partial charge < -0.3 is 9.32 Å². The second-order valence-electron chi connectivity index (χ2n) is 8.15. The number of benzene rings is 4. The van der Waals surface area contributed by atoms with Crippen LogP contribution >= 0.6 is 0 Å². The second-order valence-corrected chi connectivity index (χ2v) is 8.15. The van der Waals surface area contributed by atoms with Gasteiger partial charge in [0.15, 0.2) is 0 Å². The molecule has 0 saturated carbocycles. The van der Waals surface area contributed by atoms with Gasteiger partial charge in [0.2, 0.25) is 11.8 Å². The molecule has 0 aliphatic rings. The molecule has 5 nitrogen and oxygen atoms in total. The summed E-state index contributed by atoms with van der Waals surface area (Å²) in [5, 5.41) is 10.7. The van der Waals surface area contributed by atoms with Gasteiger partial charge in [-0.05, 0) is 65.2 Å². The van der Waals surface area contributed by atoms with Gasteiger partial charge in [0.1, 0.15) is 0 Å². The van der Waals surface area contributed by atoms with E-state index in [2.05, 4.69) is 40.5 Å². The summed E-state index contributed by atoms with van der Waals surface area (Å²) in [6.45, 7) is 2.54. The molecule has 4 aromatic carbocycles. The molecule has 5 aromatic rings. The van der Waals surface area contributed by atoms with Gasteiger partial charge in [0.05, 0.1) is 0 Å². The van der Waals surface area contributed by atoms with Crippen molar-refractivity contribution < 1.29 is 9.21 Å². The SMILES string of the molecule is Cc1ccccc1-c1nnc(-c2ccc(C(=O)N(C)Cc3ccc4ccccc4c3)cc2)o1. The summed E-state index contributed by atoms with van der Waals surface area (Å²) in [6, 6.07) is 29.7. The van der Waals surface area contributed by atoms with Gasteiger partial charge in [-0.25, -0.2) is 0 Å². The number of rotatable bonds is 5. The van der Waals surface area contributed by atoms with Gasteiger partial charge in [-0.1, -0.05) is 54.6 Å². The Labute approximate surface area is 192 Å². The number of nitrogens with zero attached hydrogens (tertiary/aromatic N) is 3. The first-order valence-corrected chi connectivity index (χ1v) is 10.8. The first-order chi connectivity index (χ1) is 16.1. The Kier molecular flexibility index (Phi) is 5.45. The summed E-state index contributed by atoms with van der Waals surface area (Å²) in [7, 11) is 1.82. The Morgan fingerprint density at radius 1 is 0.818 bits per heavy atom. The number of carbonyl (C=O) groups excluding carboxylic acids is 1. The van der Waals surface area contributed by atoms with Crippen molar-refractivity contribution in [2.75, 3.05) is 7.05 Å². The molecule has 0 N–H and O–H groups in total. The molecule has 0 aliphatic carbocycles. The van der Waals surface area contributed by atoms with Crippen LogP contribution in [-0.4, -0.2) is 28.1 Å². The quantitative estimate of drug-likeness (QED) is 0.334. The normalized spacial score (nSPS) is 11.0. The molecule has 33 heavy (non-hydrogen) atoms. The van der Waals surface area contributed by atoms with E-state index in [1.54, 1.807) is 17.0 Å². The maximum Gasteiger partial charge on any atom is 0.253 e. The zero-order chi connectivity index (χ0) is 22.8. The van der Waals surface area contributed by atoms with Gasteiger partial charge >= 0.3 is 0 Å².